The second-order valence-electron chi connectivity index (χ2n) is 4.91. The zero-order chi connectivity index (χ0) is 13.5. The normalized spacial score (nSPS) is 14.0. The Balaban J connectivity index is 2.38. The maximum Gasteiger partial charge on any atom is 0.237 e. The fourth-order valence-electron chi connectivity index (χ4n) is 1.54. The Labute approximate surface area is 110 Å². The molecule has 0 aliphatic carbocycles. The molecule has 0 spiro atoms. The van der Waals surface area contributed by atoms with Crippen molar-refractivity contribution in [1.82, 2.24) is 10.6 Å². The Morgan fingerprint density at radius 1 is 1.22 bits per heavy atom. The van der Waals surface area contributed by atoms with Crippen molar-refractivity contribution in [3.8, 4) is 0 Å². The topological polar surface area (TPSA) is 41.1 Å². The van der Waals surface area contributed by atoms with Gasteiger partial charge in [-0.2, -0.15) is 0 Å². The first kappa shape index (κ1) is 14.7. The van der Waals surface area contributed by atoms with Gasteiger partial charge in [-0.1, -0.05) is 36.8 Å². The highest BCUT2D eigenvalue weighted by Crippen LogP contribution is 2.03. The minimum atomic E-state index is -0.166. The fraction of sp³-hybridized carbons (Fsp3) is 0.533. The highest BCUT2D eigenvalue weighted by atomic mass is 16.2. The van der Waals surface area contributed by atoms with Gasteiger partial charge in [-0.05, 0) is 32.8 Å². The third kappa shape index (κ3) is 4.88. The van der Waals surface area contributed by atoms with Gasteiger partial charge in [0.2, 0.25) is 5.91 Å². The van der Waals surface area contributed by atoms with Gasteiger partial charge in [0.05, 0.1) is 6.04 Å². The van der Waals surface area contributed by atoms with Crippen LogP contribution < -0.4 is 10.6 Å². The second kappa shape index (κ2) is 7.17. The number of amides is 1. The molecule has 3 heteroatoms. The molecule has 100 valence electrons. The minimum absolute atomic E-state index is 0.0662. The van der Waals surface area contributed by atoms with Crippen molar-refractivity contribution in [3.05, 3.63) is 35.4 Å². The van der Waals surface area contributed by atoms with E-state index < -0.39 is 0 Å². The molecule has 1 aromatic rings. The number of carbonyl (C=O) groups excluding carboxylic acids is 1. The number of aryl methyl sites for hydroxylation is 1. The third-order valence-corrected chi connectivity index (χ3v) is 3.13. The molecule has 0 bridgehead atoms. The Kier molecular flexibility index (Phi) is 5.86. The summed E-state index contributed by atoms with van der Waals surface area (Å²) in [6.45, 7) is 8.76. The van der Waals surface area contributed by atoms with Gasteiger partial charge in [0, 0.05) is 12.6 Å². The number of hydrogen-bond acceptors (Lipinski definition) is 2. The van der Waals surface area contributed by atoms with E-state index in [1.54, 1.807) is 0 Å². The molecule has 2 atom stereocenters. The van der Waals surface area contributed by atoms with Crippen LogP contribution in [0, 0.1) is 6.92 Å². The average molecular weight is 248 g/mol. The summed E-state index contributed by atoms with van der Waals surface area (Å²) in [5.41, 5.74) is 2.45. The number of rotatable bonds is 6. The molecule has 0 saturated carbocycles. The van der Waals surface area contributed by atoms with Crippen LogP contribution in [0.15, 0.2) is 24.3 Å². The molecular weight excluding hydrogens is 224 g/mol. The van der Waals surface area contributed by atoms with Crippen molar-refractivity contribution in [2.45, 2.75) is 52.7 Å². The van der Waals surface area contributed by atoms with Gasteiger partial charge < -0.3 is 10.6 Å². The highest BCUT2D eigenvalue weighted by molar-refractivity contribution is 5.81. The quantitative estimate of drug-likeness (QED) is 0.811. The largest absolute Gasteiger partial charge is 0.352 e. The lowest BCUT2D eigenvalue weighted by atomic mass is 10.1. The Morgan fingerprint density at radius 2 is 1.83 bits per heavy atom. The SMILES string of the molecule is CCC(C)NC(=O)C(C)NCc1ccc(C)cc1. The first-order valence-electron chi connectivity index (χ1n) is 6.62. The molecule has 0 heterocycles. The third-order valence-electron chi connectivity index (χ3n) is 3.13. The predicted octanol–water partition coefficient (Wildman–Crippen LogP) is 2.39. The Hall–Kier alpha value is -1.35. The van der Waals surface area contributed by atoms with Crippen LogP contribution in [-0.4, -0.2) is 18.0 Å². The van der Waals surface area contributed by atoms with E-state index in [1.807, 2.05) is 13.8 Å². The molecule has 1 rings (SSSR count). The van der Waals surface area contributed by atoms with Crippen molar-refractivity contribution < 1.29 is 4.79 Å². The van der Waals surface area contributed by atoms with Crippen LogP contribution in [0.2, 0.25) is 0 Å². The lowest BCUT2D eigenvalue weighted by Crippen LogP contribution is -2.45. The van der Waals surface area contributed by atoms with E-state index in [4.69, 9.17) is 0 Å². The molecular formula is C15H24N2O. The number of benzene rings is 1. The summed E-state index contributed by atoms with van der Waals surface area (Å²) in [6, 6.07) is 8.41. The molecule has 0 radical (unpaired) electrons. The fourth-order valence-corrected chi connectivity index (χ4v) is 1.54. The van der Waals surface area contributed by atoms with Gasteiger partial charge in [0.25, 0.3) is 0 Å². The van der Waals surface area contributed by atoms with Gasteiger partial charge >= 0.3 is 0 Å². The van der Waals surface area contributed by atoms with Gasteiger partial charge in [-0.25, -0.2) is 0 Å². The number of carbonyl (C=O) groups is 1. The van der Waals surface area contributed by atoms with Gasteiger partial charge in [-0.15, -0.1) is 0 Å². The van der Waals surface area contributed by atoms with E-state index in [1.165, 1.54) is 11.1 Å². The van der Waals surface area contributed by atoms with Crippen molar-refractivity contribution in [2.75, 3.05) is 0 Å². The van der Waals surface area contributed by atoms with Gasteiger partial charge in [0.15, 0.2) is 0 Å². The van der Waals surface area contributed by atoms with Crippen LogP contribution >= 0.6 is 0 Å². The summed E-state index contributed by atoms with van der Waals surface area (Å²) in [5, 5.41) is 6.21. The summed E-state index contributed by atoms with van der Waals surface area (Å²) in [7, 11) is 0. The van der Waals surface area contributed by atoms with Gasteiger partial charge in [0.1, 0.15) is 0 Å². The standard InChI is InChI=1S/C15H24N2O/c1-5-12(3)17-15(18)13(4)16-10-14-8-6-11(2)7-9-14/h6-9,12-13,16H,5,10H2,1-4H3,(H,17,18). The molecule has 3 nitrogen and oxygen atoms in total. The zero-order valence-corrected chi connectivity index (χ0v) is 11.8. The molecule has 0 fully saturated rings. The second-order valence-corrected chi connectivity index (χ2v) is 4.91. The number of hydrogen-bond donors (Lipinski definition) is 2. The molecule has 0 aliphatic rings. The highest BCUT2D eigenvalue weighted by Gasteiger charge is 2.13. The van der Waals surface area contributed by atoms with Crippen molar-refractivity contribution in [1.29, 1.82) is 0 Å². The lowest BCUT2D eigenvalue weighted by Gasteiger charge is -2.17. The van der Waals surface area contributed by atoms with Crippen LogP contribution in [-0.2, 0) is 11.3 Å². The zero-order valence-electron chi connectivity index (χ0n) is 11.8. The molecule has 1 amide bonds. The first-order chi connectivity index (χ1) is 8.52. The summed E-state index contributed by atoms with van der Waals surface area (Å²) < 4.78 is 0. The smallest absolute Gasteiger partial charge is 0.237 e. The lowest BCUT2D eigenvalue weighted by molar-refractivity contribution is -0.123. The van der Waals surface area contributed by atoms with E-state index in [0.717, 1.165) is 13.0 Å². The molecule has 2 N–H and O–H groups in total. The van der Waals surface area contributed by atoms with Crippen LogP contribution in [0.1, 0.15) is 38.3 Å². The number of nitrogens with one attached hydrogen (secondary N) is 2. The summed E-state index contributed by atoms with van der Waals surface area (Å²) in [5.74, 6) is 0.0662. The Bertz CT molecular complexity index is 373. The first-order valence-corrected chi connectivity index (χ1v) is 6.62. The summed E-state index contributed by atoms with van der Waals surface area (Å²) in [4.78, 5) is 11.8. The minimum Gasteiger partial charge on any atom is -0.352 e. The van der Waals surface area contributed by atoms with E-state index in [-0.39, 0.29) is 18.0 Å². The van der Waals surface area contributed by atoms with Crippen molar-refractivity contribution in [3.63, 3.8) is 0 Å². The molecule has 18 heavy (non-hydrogen) atoms. The van der Waals surface area contributed by atoms with E-state index in [2.05, 4.69) is 48.7 Å². The molecule has 1 aromatic carbocycles. The monoisotopic (exact) mass is 248 g/mol. The summed E-state index contributed by atoms with van der Waals surface area (Å²) >= 11 is 0. The van der Waals surface area contributed by atoms with E-state index in [9.17, 15) is 4.79 Å². The van der Waals surface area contributed by atoms with E-state index in [0.29, 0.717) is 0 Å². The van der Waals surface area contributed by atoms with E-state index >= 15 is 0 Å². The van der Waals surface area contributed by atoms with Crippen LogP contribution in [0.3, 0.4) is 0 Å². The van der Waals surface area contributed by atoms with Crippen molar-refractivity contribution >= 4 is 5.91 Å². The van der Waals surface area contributed by atoms with Crippen LogP contribution in [0.4, 0.5) is 0 Å². The van der Waals surface area contributed by atoms with Crippen LogP contribution in [0.25, 0.3) is 0 Å². The predicted molar refractivity (Wildman–Crippen MR) is 75.4 cm³/mol. The molecule has 0 saturated heterocycles. The summed E-state index contributed by atoms with van der Waals surface area (Å²) in [6.07, 6.45) is 0.955. The maximum absolute atomic E-state index is 11.8. The average Bonchev–Trinajstić information content (AvgIpc) is 2.37. The van der Waals surface area contributed by atoms with Crippen molar-refractivity contribution in [2.24, 2.45) is 0 Å². The molecule has 0 aliphatic heterocycles. The van der Waals surface area contributed by atoms with Gasteiger partial charge in [-0.3, -0.25) is 4.79 Å². The van der Waals surface area contributed by atoms with Crippen LogP contribution in [0.5, 0.6) is 0 Å². The Morgan fingerprint density at radius 3 is 2.39 bits per heavy atom. The maximum atomic E-state index is 11.8. The molecule has 0 aromatic heterocycles. The molecule has 2 unspecified atom stereocenters.